The van der Waals surface area contributed by atoms with E-state index in [1.54, 1.807) is 17.0 Å². The fraction of sp³-hybridized carbons (Fsp3) is 0.625. The zero-order chi connectivity index (χ0) is 23.8. The number of hydrogen-bond donors (Lipinski definition) is 1. The maximum atomic E-state index is 12.9. The Morgan fingerprint density at radius 1 is 1.06 bits per heavy atom. The van der Waals surface area contributed by atoms with E-state index in [1.165, 1.54) is 0 Å². The van der Waals surface area contributed by atoms with Gasteiger partial charge in [-0.15, -0.1) is 0 Å². The molecule has 1 saturated carbocycles. The van der Waals surface area contributed by atoms with E-state index in [-0.39, 0.29) is 48.8 Å². The molecule has 184 valence electrons. The Morgan fingerprint density at radius 2 is 1.79 bits per heavy atom. The molecule has 0 aromatic heterocycles. The van der Waals surface area contributed by atoms with E-state index in [4.69, 9.17) is 9.47 Å². The van der Waals surface area contributed by atoms with Crippen LogP contribution in [0.1, 0.15) is 54.4 Å². The lowest BCUT2D eigenvalue weighted by molar-refractivity contribution is -0.135. The number of nitrogens with zero attached hydrogens (tertiary/aromatic N) is 2. The Hall–Kier alpha value is -2.59. The average molecular weight is 478 g/mol. The number of alkyl halides is 2. The molecule has 0 radical (unpaired) electrons. The van der Waals surface area contributed by atoms with Gasteiger partial charge in [-0.25, -0.2) is 8.78 Å². The third-order valence-electron chi connectivity index (χ3n) is 7.23. The summed E-state index contributed by atoms with van der Waals surface area (Å²) in [6.07, 6.45) is 1.69. The van der Waals surface area contributed by atoms with Crippen LogP contribution in [0.25, 0.3) is 0 Å². The molecule has 1 aliphatic carbocycles. The molecule has 4 aliphatic rings. The van der Waals surface area contributed by atoms with Gasteiger partial charge in [0.05, 0.1) is 6.10 Å². The van der Waals surface area contributed by atoms with Crippen molar-refractivity contribution in [2.24, 2.45) is 0 Å². The first-order valence-corrected chi connectivity index (χ1v) is 11.9. The lowest BCUT2D eigenvalue weighted by Gasteiger charge is -2.48. The van der Waals surface area contributed by atoms with Crippen molar-refractivity contribution in [3.63, 3.8) is 0 Å². The largest absolute Gasteiger partial charge is 0.489 e. The number of halogens is 2. The van der Waals surface area contributed by atoms with E-state index in [1.807, 2.05) is 6.07 Å². The number of piperidine rings is 1. The Balaban J connectivity index is 1.22. The second-order valence-corrected chi connectivity index (χ2v) is 9.59. The molecule has 3 amide bonds. The monoisotopic (exact) mass is 477 g/mol. The average Bonchev–Trinajstić information content (AvgIpc) is 3.09. The van der Waals surface area contributed by atoms with Crippen LogP contribution < -0.4 is 10.1 Å². The van der Waals surface area contributed by atoms with Crippen molar-refractivity contribution in [1.82, 2.24) is 15.1 Å². The summed E-state index contributed by atoms with van der Waals surface area (Å²) in [7, 11) is 0. The molecule has 3 fully saturated rings. The van der Waals surface area contributed by atoms with Gasteiger partial charge in [-0.05, 0) is 43.0 Å². The Bertz CT molecular complexity index is 952. The highest BCUT2D eigenvalue weighted by Gasteiger charge is 2.40. The zero-order valence-electron chi connectivity index (χ0n) is 18.9. The van der Waals surface area contributed by atoms with Crippen molar-refractivity contribution in [3.05, 3.63) is 29.3 Å². The Kier molecular flexibility index (Phi) is 6.52. The minimum atomic E-state index is -2.45. The van der Waals surface area contributed by atoms with Crippen molar-refractivity contribution < 1.29 is 32.6 Å². The molecule has 3 aliphatic heterocycles. The minimum Gasteiger partial charge on any atom is -0.489 e. The number of carbonyl (C=O) groups excluding carboxylic acids is 3. The van der Waals surface area contributed by atoms with Gasteiger partial charge >= 0.3 is 0 Å². The van der Waals surface area contributed by atoms with Crippen molar-refractivity contribution in [1.29, 1.82) is 0 Å². The highest BCUT2D eigenvalue weighted by atomic mass is 19.3. The van der Waals surface area contributed by atoms with E-state index in [0.29, 0.717) is 30.9 Å². The predicted octanol–water partition coefficient (Wildman–Crippen LogP) is 2.10. The number of amides is 3. The number of hydrogen-bond acceptors (Lipinski definition) is 6. The summed E-state index contributed by atoms with van der Waals surface area (Å²) in [6.45, 7) is 1.10. The van der Waals surface area contributed by atoms with Gasteiger partial charge in [0.2, 0.25) is 11.8 Å². The first-order valence-electron chi connectivity index (χ1n) is 11.9. The van der Waals surface area contributed by atoms with Gasteiger partial charge in [-0.1, -0.05) is 6.42 Å². The topological polar surface area (TPSA) is 88.2 Å². The Morgan fingerprint density at radius 3 is 2.53 bits per heavy atom. The summed E-state index contributed by atoms with van der Waals surface area (Å²) >= 11 is 0. The molecule has 1 aromatic rings. The normalized spacial score (nSPS) is 26.6. The minimum absolute atomic E-state index is 0.0179. The van der Waals surface area contributed by atoms with Crippen molar-refractivity contribution in [2.45, 2.75) is 75.8 Å². The molecule has 1 N–H and O–H groups in total. The van der Waals surface area contributed by atoms with E-state index in [0.717, 1.165) is 31.2 Å². The lowest BCUT2D eigenvalue weighted by Crippen LogP contribution is -2.61. The molecule has 2 atom stereocenters. The summed E-state index contributed by atoms with van der Waals surface area (Å²) in [5, 5.41) is 2.28. The first-order chi connectivity index (χ1) is 16.4. The van der Waals surface area contributed by atoms with Crippen LogP contribution in [0, 0.1) is 0 Å². The summed E-state index contributed by atoms with van der Waals surface area (Å²) < 4.78 is 36.4. The molecule has 3 heterocycles. The standard InChI is InChI=1S/C24H29F2N3O5/c25-21(26)13-33-17-11-28(12-17)19-3-1-2-4-20(19)34-16-5-6-18-14(7-16)10-29(24(18)32)15-8-22(30)27-23(31)9-15/h5-7,15,17,19-21H,1-4,8-13H2,(H,27,30,31)/t19-,20-/m0/s1. The van der Waals surface area contributed by atoms with Crippen LogP contribution in [-0.4, -0.2) is 77.9 Å². The van der Waals surface area contributed by atoms with Gasteiger partial charge in [-0.2, -0.15) is 0 Å². The third-order valence-corrected chi connectivity index (χ3v) is 7.23. The van der Waals surface area contributed by atoms with Gasteiger partial charge in [0, 0.05) is 50.1 Å². The smallest absolute Gasteiger partial charge is 0.261 e. The quantitative estimate of drug-likeness (QED) is 0.606. The van der Waals surface area contributed by atoms with Crippen molar-refractivity contribution >= 4 is 17.7 Å². The second kappa shape index (κ2) is 9.58. The number of carbonyl (C=O) groups is 3. The molecular weight excluding hydrogens is 448 g/mol. The number of benzene rings is 1. The third kappa shape index (κ3) is 4.79. The maximum absolute atomic E-state index is 12.9. The van der Waals surface area contributed by atoms with Crippen LogP contribution >= 0.6 is 0 Å². The highest BCUT2D eigenvalue weighted by molar-refractivity contribution is 6.02. The summed E-state index contributed by atoms with van der Waals surface area (Å²) in [6, 6.07) is 5.22. The van der Waals surface area contributed by atoms with Gasteiger partial charge in [0.25, 0.3) is 12.3 Å². The molecular formula is C24H29F2N3O5. The molecule has 1 aromatic carbocycles. The van der Waals surface area contributed by atoms with Crippen molar-refractivity contribution in [2.75, 3.05) is 19.7 Å². The zero-order valence-corrected chi connectivity index (χ0v) is 18.9. The second-order valence-electron chi connectivity index (χ2n) is 9.59. The number of ether oxygens (including phenoxy) is 2. The van der Waals surface area contributed by atoms with E-state index in [9.17, 15) is 23.2 Å². The molecule has 2 saturated heterocycles. The molecule has 0 unspecified atom stereocenters. The van der Waals surface area contributed by atoms with Crippen molar-refractivity contribution in [3.8, 4) is 5.75 Å². The lowest BCUT2D eigenvalue weighted by atomic mass is 9.89. The Labute approximate surface area is 196 Å². The number of likely N-dealkylation sites (tertiary alicyclic amines) is 1. The van der Waals surface area contributed by atoms with Gasteiger partial charge in [0.1, 0.15) is 18.5 Å². The number of imide groups is 1. The van der Waals surface area contributed by atoms with E-state index >= 15 is 0 Å². The molecule has 34 heavy (non-hydrogen) atoms. The number of rotatable bonds is 7. The van der Waals surface area contributed by atoms with Crippen LogP contribution in [0.5, 0.6) is 5.75 Å². The molecule has 8 nitrogen and oxygen atoms in total. The van der Waals surface area contributed by atoms with Crippen LogP contribution in [0.2, 0.25) is 0 Å². The van der Waals surface area contributed by atoms with E-state index in [2.05, 4.69) is 10.2 Å². The molecule has 10 heteroatoms. The fourth-order valence-corrected chi connectivity index (χ4v) is 5.53. The van der Waals surface area contributed by atoms with Gasteiger partial charge < -0.3 is 14.4 Å². The fourth-order valence-electron chi connectivity index (χ4n) is 5.53. The van der Waals surface area contributed by atoms with Gasteiger partial charge in [0.15, 0.2) is 0 Å². The summed E-state index contributed by atoms with van der Waals surface area (Å²) in [5.41, 5.74) is 1.41. The molecule has 5 rings (SSSR count). The van der Waals surface area contributed by atoms with E-state index < -0.39 is 19.1 Å². The number of fused-ring (bicyclic) bond motifs is 1. The maximum Gasteiger partial charge on any atom is 0.261 e. The summed E-state index contributed by atoms with van der Waals surface area (Å²) in [4.78, 5) is 40.3. The van der Waals surface area contributed by atoms with Crippen LogP contribution in [0.4, 0.5) is 8.78 Å². The van der Waals surface area contributed by atoms with Crippen LogP contribution in [0.15, 0.2) is 18.2 Å². The number of nitrogens with one attached hydrogen (secondary N) is 1. The molecule has 0 bridgehead atoms. The van der Waals surface area contributed by atoms with Gasteiger partial charge in [-0.3, -0.25) is 24.6 Å². The molecule has 0 spiro atoms. The highest BCUT2D eigenvalue weighted by Crippen LogP contribution is 2.34. The van der Waals surface area contributed by atoms with Crippen LogP contribution in [-0.2, 0) is 20.9 Å². The predicted molar refractivity (Wildman–Crippen MR) is 116 cm³/mol. The SMILES string of the molecule is O=C1CC(N2Cc3cc(O[C@H]4CCCC[C@@H]4N4CC(OCC(F)F)C4)ccc3C2=O)CC(=O)N1. The summed E-state index contributed by atoms with van der Waals surface area (Å²) in [5.74, 6) is -0.191. The van der Waals surface area contributed by atoms with Crippen LogP contribution in [0.3, 0.4) is 0 Å². The first kappa shape index (κ1) is 23.2.